The summed E-state index contributed by atoms with van der Waals surface area (Å²) in [5, 5.41) is 2.45. The molecule has 0 bridgehead atoms. The van der Waals surface area contributed by atoms with Gasteiger partial charge in [0.1, 0.15) is 0 Å². The quantitative estimate of drug-likeness (QED) is 0.234. The summed E-state index contributed by atoms with van der Waals surface area (Å²) in [7, 11) is 0. The van der Waals surface area contributed by atoms with Crippen LogP contribution in [0.25, 0.3) is 51.8 Å². The SMILES string of the molecule is Cc1ccc(-c2ccc3c(c2)sc2c4ccc(-c5ccc(C(F)(F)F)cc5)cc4sc32)cc1. The fourth-order valence-electron chi connectivity index (χ4n) is 4.21. The van der Waals surface area contributed by atoms with Gasteiger partial charge in [0.25, 0.3) is 0 Å². The first-order valence-electron chi connectivity index (χ1n) is 10.5. The molecule has 0 aliphatic carbocycles. The van der Waals surface area contributed by atoms with Crippen LogP contribution >= 0.6 is 22.7 Å². The molecule has 162 valence electrons. The van der Waals surface area contributed by atoms with Crippen LogP contribution in [0.1, 0.15) is 11.1 Å². The Hall–Kier alpha value is -3.15. The molecule has 0 unspecified atom stereocenters. The first-order chi connectivity index (χ1) is 15.9. The van der Waals surface area contributed by atoms with Gasteiger partial charge in [0, 0.05) is 20.2 Å². The molecule has 0 N–H and O–H groups in total. The molecule has 0 nitrogen and oxygen atoms in total. The summed E-state index contributed by atoms with van der Waals surface area (Å²) in [4.78, 5) is 0. The molecule has 0 radical (unpaired) electrons. The molecule has 0 aliphatic heterocycles. The van der Waals surface area contributed by atoms with Crippen molar-refractivity contribution in [2.45, 2.75) is 13.1 Å². The monoisotopic (exact) mass is 474 g/mol. The van der Waals surface area contributed by atoms with Crippen molar-refractivity contribution in [3.63, 3.8) is 0 Å². The highest BCUT2D eigenvalue weighted by Gasteiger charge is 2.30. The second-order valence-corrected chi connectivity index (χ2v) is 10.3. The Kier molecular flexibility index (Phi) is 4.61. The first-order valence-corrected chi connectivity index (χ1v) is 12.1. The number of aryl methyl sites for hydroxylation is 1. The van der Waals surface area contributed by atoms with E-state index in [1.54, 1.807) is 34.8 Å². The highest BCUT2D eigenvalue weighted by Crippen LogP contribution is 2.46. The van der Waals surface area contributed by atoms with E-state index in [0.717, 1.165) is 28.0 Å². The minimum atomic E-state index is -4.32. The van der Waals surface area contributed by atoms with Crippen LogP contribution in [-0.4, -0.2) is 0 Å². The Morgan fingerprint density at radius 2 is 0.970 bits per heavy atom. The largest absolute Gasteiger partial charge is 0.416 e. The van der Waals surface area contributed by atoms with Crippen molar-refractivity contribution in [2.24, 2.45) is 0 Å². The number of halogens is 3. The molecule has 0 spiro atoms. The number of rotatable bonds is 2. The molecule has 33 heavy (non-hydrogen) atoms. The Bertz CT molecular complexity index is 1630. The lowest BCUT2D eigenvalue weighted by Crippen LogP contribution is -2.03. The maximum Gasteiger partial charge on any atom is 0.416 e. The van der Waals surface area contributed by atoms with E-state index in [4.69, 9.17) is 0 Å². The molecule has 4 aromatic carbocycles. The Labute approximate surface area is 196 Å². The lowest BCUT2D eigenvalue weighted by Gasteiger charge is -2.08. The van der Waals surface area contributed by atoms with Crippen molar-refractivity contribution in [1.29, 1.82) is 0 Å². The zero-order valence-electron chi connectivity index (χ0n) is 17.5. The van der Waals surface area contributed by atoms with Gasteiger partial charge < -0.3 is 0 Å². The first kappa shape index (κ1) is 20.5. The summed E-state index contributed by atoms with van der Waals surface area (Å²) >= 11 is 3.55. The van der Waals surface area contributed by atoms with Gasteiger partial charge in [0.05, 0.1) is 15.0 Å². The summed E-state index contributed by atoms with van der Waals surface area (Å²) in [6, 6.07) is 26.8. The molecule has 0 amide bonds. The standard InChI is InChI=1S/C28H17F3S2/c1-16-2-4-17(5-3-16)19-8-12-22-24(14-19)32-27-23-13-9-20(15-25(23)33-26(22)27)18-6-10-21(11-7-18)28(29,30)31/h2-15H,1H3. The third kappa shape index (κ3) is 3.52. The third-order valence-electron chi connectivity index (χ3n) is 6.01. The van der Waals surface area contributed by atoms with Crippen LogP contribution < -0.4 is 0 Å². The maximum absolute atomic E-state index is 12.9. The zero-order chi connectivity index (χ0) is 22.7. The van der Waals surface area contributed by atoms with Crippen molar-refractivity contribution in [2.75, 3.05) is 0 Å². The summed E-state index contributed by atoms with van der Waals surface area (Å²) in [5.41, 5.74) is 4.76. The fourth-order valence-corrected chi connectivity index (χ4v) is 6.94. The van der Waals surface area contributed by atoms with E-state index in [0.29, 0.717) is 0 Å². The summed E-state index contributed by atoms with van der Waals surface area (Å²) < 4.78 is 43.6. The van der Waals surface area contributed by atoms with Crippen LogP contribution in [0.4, 0.5) is 13.2 Å². The predicted molar refractivity (Wildman–Crippen MR) is 135 cm³/mol. The van der Waals surface area contributed by atoms with Crippen LogP contribution in [0.5, 0.6) is 0 Å². The van der Waals surface area contributed by atoms with Gasteiger partial charge in [-0.1, -0.05) is 66.2 Å². The summed E-state index contributed by atoms with van der Waals surface area (Å²) in [6.45, 7) is 2.09. The predicted octanol–water partition coefficient (Wildman–Crippen LogP) is 9.93. The number of alkyl halides is 3. The summed E-state index contributed by atoms with van der Waals surface area (Å²) in [5.74, 6) is 0. The number of thiophene rings is 2. The van der Waals surface area contributed by atoms with E-state index in [1.807, 2.05) is 6.07 Å². The average Bonchev–Trinajstić information content (AvgIpc) is 3.34. The minimum Gasteiger partial charge on any atom is -0.166 e. The molecule has 0 saturated heterocycles. The lowest BCUT2D eigenvalue weighted by atomic mass is 10.0. The van der Waals surface area contributed by atoms with Gasteiger partial charge in [-0.05, 0) is 53.4 Å². The van der Waals surface area contributed by atoms with Gasteiger partial charge >= 0.3 is 6.18 Å². The van der Waals surface area contributed by atoms with Gasteiger partial charge in [-0.3, -0.25) is 0 Å². The van der Waals surface area contributed by atoms with E-state index in [2.05, 4.69) is 61.5 Å². The summed E-state index contributed by atoms with van der Waals surface area (Å²) in [6.07, 6.45) is -4.32. The highest BCUT2D eigenvalue weighted by atomic mass is 32.1. The van der Waals surface area contributed by atoms with Crippen LogP contribution in [0.3, 0.4) is 0 Å². The van der Waals surface area contributed by atoms with E-state index >= 15 is 0 Å². The van der Waals surface area contributed by atoms with Crippen LogP contribution in [-0.2, 0) is 6.18 Å². The van der Waals surface area contributed by atoms with Crippen LogP contribution in [0.15, 0.2) is 84.9 Å². The molecular weight excluding hydrogens is 457 g/mol. The van der Waals surface area contributed by atoms with Gasteiger partial charge in [-0.2, -0.15) is 13.2 Å². The number of hydrogen-bond acceptors (Lipinski definition) is 2. The maximum atomic E-state index is 12.9. The number of benzene rings is 4. The number of fused-ring (bicyclic) bond motifs is 5. The van der Waals surface area contributed by atoms with Gasteiger partial charge in [-0.25, -0.2) is 0 Å². The number of hydrogen-bond donors (Lipinski definition) is 0. The molecule has 2 heterocycles. The van der Waals surface area contributed by atoms with Crippen molar-refractivity contribution in [3.05, 3.63) is 96.1 Å². The smallest absolute Gasteiger partial charge is 0.166 e. The van der Waals surface area contributed by atoms with Crippen molar-refractivity contribution >= 4 is 52.2 Å². The molecule has 0 saturated carbocycles. The van der Waals surface area contributed by atoms with Crippen molar-refractivity contribution in [1.82, 2.24) is 0 Å². The molecule has 0 fully saturated rings. The molecular formula is C28H17F3S2. The molecule has 6 aromatic rings. The second kappa shape index (κ2) is 7.44. The third-order valence-corrected chi connectivity index (χ3v) is 8.51. The van der Waals surface area contributed by atoms with Crippen LogP contribution in [0.2, 0.25) is 0 Å². The molecule has 6 rings (SSSR count). The second-order valence-electron chi connectivity index (χ2n) is 8.23. The molecule has 5 heteroatoms. The van der Waals surface area contributed by atoms with Gasteiger partial charge in [-0.15, -0.1) is 22.7 Å². The molecule has 2 aromatic heterocycles. The average molecular weight is 475 g/mol. The fraction of sp³-hybridized carbons (Fsp3) is 0.0714. The van der Waals surface area contributed by atoms with E-state index in [-0.39, 0.29) is 0 Å². The topological polar surface area (TPSA) is 0 Å². The molecule has 0 aliphatic rings. The van der Waals surface area contributed by atoms with Crippen molar-refractivity contribution < 1.29 is 13.2 Å². The minimum absolute atomic E-state index is 0.625. The van der Waals surface area contributed by atoms with Crippen LogP contribution in [0, 0.1) is 6.92 Å². The molecule has 0 atom stereocenters. The Morgan fingerprint density at radius 1 is 0.545 bits per heavy atom. The highest BCUT2D eigenvalue weighted by molar-refractivity contribution is 7.36. The van der Waals surface area contributed by atoms with Gasteiger partial charge in [0.15, 0.2) is 0 Å². The normalized spacial score (nSPS) is 12.2. The van der Waals surface area contributed by atoms with Crippen molar-refractivity contribution in [3.8, 4) is 22.3 Å². The Morgan fingerprint density at radius 3 is 1.42 bits per heavy atom. The van der Waals surface area contributed by atoms with E-state index < -0.39 is 11.7 Å². The zero-order valence-corrected chi connectivity index (χ0v) is 19.2. The van der Waals surface area contributed by atoms with E-state index in [9.17, 15) is 13.2 Å². The lowest BCUT2D eigenvalue weighted by molar-refractivity contribution is -0.137. The van der Waals surface area contributed by atoms with Gasteiger partial charge in [0.2, 0.25) is 0 Å². The van der Waals surface area contributed by atoms with E-state index in [1.165, 1.54) is 41.6 Å². The Balaban J connectivity index is 1.42.